The molecule has 0 N–H and O–H groups in total. The van der Waals surface area contributed by atoms with Gasteiger partial charge in [-0.3, -0.25) is 9.59 Å². The summed E-state index contributed by atoms with van der Waals surface area (Å²) in [5.41, 5.74) is 0.677. The molecule has 1 aliphatic carbocycles. The van der Waals surface area contributed by atoms with Crippen LogP contribution in [0.4, 0.5) is 0 Å². The SMILES string of the molecule is CC(C)COc1ccc(C(=O)N2CCN(C(=O)C3CCC3)CC2)cc1. The van der Waals surface area contributed by atoms with E-state index in [9.17, 15) is 9.59 Å². The molecule has 2 amide bonds. The minimum atomic E-state index is 0.0335. The van der Waals surface area contributed by atoms with Gasteiger partial charge in [-0.2, -0.15) is 0 Å². The van der Waals surface area contributed by atoms with E-state index in [2.05, 4.69) is 13.8 Å². The summed E-state index contributed by atoms with van der Waals surface area (Å²) in [6, 6.07) is 7.35. The van der Waals surface area contributed by atoms with Crippen molar-refractivity contribution in [1.29, 1.82) is 0 Å². The van der Waals surface area contributed by atoms with Crippen molar-refractivity contribution in [3.63, 3.8) is 0 Å². The Hall–Kier alpha value is -2.04. The van der Waals surface area contributed by atoms with Crippen molar-refractivity contribution in [3.8, 4) is 5.75 Å². The van der Waals surface area contributed by atoms with Gasteiger partial charge < -0.3 is 14.5 Å². The van der Waals surface area contributed by atoms with Gasteiger partial charge in [-0.15, -0.1) is 0 Å². The van der Waals surface area contributed by atoms with E-state index >= 15 is 0 Å². The first-order valence-corrected chi connectivity index (χ1v) is 9.35. The Morgan fingerprint density at radius 2 is 1.64 bits per heavy atom. The fraction of sp³-hybridized carbons (Fsp3) is 0.600. The lowest BCUT2D eigenvalue weighted by molar-refractivity contribution is -0.139. The van der Waals surface area contributed by atoms with Gasteiger partial charge in [0, 0.05) is 37.7 Å². The first kappa shape index (κ1) is 17.8. The van der Waals surface area contributed by atoms with Gasteiger partial charge in [-0.1, -0.05) is 20.3 Å². The number of nitrogens with zero attached hydrogens (tertiary/aromatic N) is 2. The zero-order valence-electron chi connectivity index (χ0n) is 15.2. The minimum absolute atomic E-state index is 0.0335. The summed E-state index contributed by atoms with van der Waals surface area (Å²) in [5.74, 6) is 1.82. The monoisotopic (exact) mass is 344 g/mol. The number of hydrogen-bond donors (Lipinski definition) is 0. The second-order valence-corrected chi connectivity index (χ2v) is 7.47. The number of amides is 2. The highest BCUT2D eigenvalue weighted by Gasteiger charge is 2.32. The molecular formula is C20H28N2O3. The molecule has 0 radical (unpaired) electrons. The number of carbonyl (C=O) groups is 2. The zero-order chi connectivity index (χ0) is 17.8. The molecule has 1 heterocycles. The van der Waals surface area contributed by atoms with Crippen molar-refractivity contribution < 1.29 is 14.3 Å². The first-order valence-electron chi connectivity index (χ1n) is 9.35. The Kier molecular flexibility index (Phi) is 5.61. The van der Waals surface area contributed by atoms with Gasteiger partial charge >= 0.3 is 0 Å². The van der Waals surface area contributed by atoms with Crippen molar-refractivity contribution in [3.05, 3.63) is 29.8 Å². The average Bonchev–Trinajstić information content (AvgIpc) is 2.58. The highest BCUT2D eigenvalue weighted by Crippen LogP contribution is 2.28. The van der Waals surface area contributed by atoms with Gasteiger partial charge in [0.15, 0.2) is 0 Å². The minimum Gasteiger partial charge on any atom is -0.493 e. The molecule has 1 aliphatic heterocycles. The number of piperazine rings is 1. The smallest absolute Gasteiger partial charge is 0.253 e. The molecule has 1 saturated carbocycles. The highest BCUT2D eigenvalue weighted by molar-refractivity contribution is 5.94. The molecular weight excluding hydrogens is 316 g/mol. The predicted molar refractivity (Wildman–Crippen MR) is 96.6 cm³/mol. The van der Waals surface area contributed by atoms with Crippen LogP contribution in [0.1, 0.15) is 43.5 Å². The number of rotatable bonds is 5. The largest absolute Gasteiger partial charge is 0.493 e. The maximum atomic E-state index is 12.6. The van der Waals surface area contributed by atoms with E-state index in [-0.39, 0.29) is 17.7 Å². The van der Waals surface area contributed by atoms with Crippen LogP contribution in [0.25, 0.3) is 0 Å². The molecule has 1 aromatic rings. The molecule has 5 heteroatoms. The molecule has 3 rings (SSSR count). The fourth-order valence-electron chi connectivity index (χ4n) is 3.18. The molecule has 5 nitrogen and oxygen atoms in total. The molecule has 0 bridgehead atoms. The standard InChI is InChI=1S/C20H28N2O3/c1-15(2)14-25-18-8-6-17(7-9-18)20(24)22-12-10-21(11-13-22)19(23)16-4-3-5-16/h6-9,15-16H,3-5,10-14H2,1-2H3. The van der Waals surface area contributed by atoms with Crippen LogP contribution in [0, 0.1) is 11.8 Å². The Balaban J connectivity index is 1.51. The maximum Gasteiger partial charge on any atom is 0.253 e. The summed E-state index contributed by atoms with van der Waals surface area (Å²) < 4.78 is 5.66. The molecule has 1 saturated heterocycles. The third-order valence-corrected chi connectivity index (χ3v) is 5.02. The maximum absolute atomic E-state index is 12.6. The molecule has 136 valence electrons. The third-order valence-electron chi connectivity index (χ3n) is 5.02. The van der Waals surface area contributed by atoms with Crippen molar-refractivity contribution in [2.24, 2.45) is 11.8 Å². The lowest BCUT2D eigenvalue weighted by Crippen LogP contribution is -2.52. The molecule has 0 spiro atoms. The first-order chi connectivity index (χ1) is 12.0. The Bertz CT molecular complexity index is 600. The van der Waals surface area contributed by atoms with Crippen LogP contribution in [0.2, 0.25) is 0 Å². The number of hydrogen-bond acceptors (Lipinski definition) is 3. The van der Waals surface area contributed by atoms with Crippen LogP contribution in [-0.4, -0.2) is 54.4 Å². The van der Waals surface area contributed by atoms with Crippen LogP contribution in [0.3, 0.4) is 0 Å². The van der Waals surface area contributed by atoms with Gasteiger partial charge in [0.05, 0.1) is 6.61 Å². The molecule has 0 atom stereocenters. The summed E-state index contributed by atoms with van der Waals surface area (Å²) in [4.78, 5) is 28.7. The van der Waals surface area contributed by atoms with E-state index in [4.69, 9.17) is 4.74 Å². The summed E-state index contributed by atoms with van der Waals surface area (Å²) in [6.07, 6.45) is 3.23. The summed E-state index contributed by atoms with van der Waals surface area (Å²) in [6.45, 7) is 7.41. The average molecular weight is 344 g/mol. The molecule has 2 fully saturated rings. The summed E-state index contributed by atoms with van der Waals surface area (Å²) >= 11 is 0. The number of ether oxygens (including phenoxy) is 1. The van der Waals surface area contributed by atoms with Crippen LogP contribution in [0.5, 0.6) is 5.75 Å². The molecule has 1 aromatic carbocycles. The number of carbonyl (C=O) groups excluding carboxylic acids is 2. The number of benzene rings is 1. The molecule has 0 aromatic heterocycles. The topological polar surface area (TPSA) is 49.9 Å². The lowest BCUT2D eigenvalue weighted by Gasteiger charge is -2.38. The fourth-order valence-corrected chi connectivity index (χ4v) is 3.18. The second kappa shape index (κ2) is 7.89. The van der Waals surface area contributed by atoms with Gasteiger partial charge in [0.2, 0.25) is 5.91 Å². The second-order valence-electron chi connectivity index (χ2n) is 7.47. The van der Waals surface area contributed by atoms with Gasteiger partial charge in [0.25, 0.3) is 5.91 Å². The quantitative estimate of drug-likeness (QED) is 0.825. The molecule has 2 aliphatic rings. The molecule has 0 unspecified atom stereocenters. The van der Waals surface area contributed by atoms with Crippen molar-refractivity contribution in [1.82, 2.24) is 9.80 Å². The van der Waals surface area contributed by atoms with E-state index in [0.717, 1.165) is 18.6 Å². The van der Waals surface area contributed by atoms with Crippen LogP contribution >= 0.6 is 0 Å². The van der Waals surface area contributed by atoms with Gasteiger partial charge in [-0.05, 0) is 43.0 Å². The van der Waals surface area contributed by atoms with Crippen molar-refractivity contribution >= 4 is 11.8 Å². The van der Waals surface area contributed by atoms with Gasteiger partial charge in [-0.25, -0.2) is 0 Å². The Morgan fingerprint density at radius 1 is 1.04 bits per heavy atom. The van der Waals surface area contributed by atoms with E-state index in [1.165, 1.54) is 6.42 Å². The summed E-state index contributed by atoms with van der Waals surface area (Å²) in [7, 11) is 0. The van der Waals surface area contributed by atoms with Crippen molar-refractivity contribution in [2.75, 3.05) is 32.8 Å². The highest BCUT2D eigenvalue weighted by atomic mass is 16.5. The normalized spacial score (nSPS) is 18.2. The zero-order valence-corrected chi connectivity index (χ0v) is 15.2. The van der Waals surface area contributed by atoms with E-state index in [1.54, 1.807) is 0 Å². The van der Waals surface area contributed by atoms with Crippen LogP contribution in [0.15, 0.2) is 24.3 Å². The van der Waals surface area contributed by atoms with Crippen LogP contribution in [-0.2, 0) is 4.79 Å². The van der Waals surface area contributed by atoms with E-state index < -0.39 is 0 Å². The summed E-state index contributed by atoms with van der Waals surface area (Å²) in [5, 5.41) is 0. The van der Waals surface area contributed by atoms with E-state index in [1.807, 2.05) is 34.1 Å². The van der Waals surface area contributed by atoms with E-state index in [0.29, 0.717) is 44.3 Å². The Labute approximate surface area is 149 Å². The van der Waals surface area contributed by atoms with Crippen molar-refractivity contribution in [2.45, 2.75) is 33.1 Å². The predicted octanol–water partition coefficient (Wildman–Crippen LogP) is 2.81. The molecule has 25 heavy (non-hydrogen) atoms. The third kappa shape index (κ3) is 4.33. The lowest BCUT2D eigenvalue weighted by atomic mass is 9.84. The van der Waals surface area contributed by atoms with Crippen LogP contribution < -0.4 is 4.74 Å². The Morgan fingerprint density at radius 3 is 2.16 bits per heavy atom. The van der Waals surface area contributed by atoms with Gasteiger partial charge in [0.1, 0.15) is 5.75 Å².